The lowest BCUT2D eigenvalue weighted by atomic mass is 10.1. The lowest BCUT2D eigenvalue weighted by Gasteiger charge is -2.15. The van der Waals surface area contributed by atoms with Crippen molar-refractivity contribution in [2.24, 2.45) is 0 Å². The molecule has 0 saturated carbocycles. The van der Waals surface area contributed by atoms with Gasteiger partial charge in [-0.1, -0.05) is 0 Å². The predicted octanol–water partition coefficient (Wildman–Crippen LogP) is 4.74. The van der Waals surface area contributed by atoms with Crippen LogP contribution in [0.4, 0.5) is 5.69 Å². The number of ether oxygens (including phenoxy) is 5. The molecule has 1 aliphatic rings. The van der Waals surface area contributed by atoms with Gasteiger partial charge in [0.05, 0.1) is 36.2 Å². The highest BCUT2D eigenvalue weighted by Gasteiger charge is 2.23. The zero-order valence-corrected chi connectivity index (χ0v) is 21.8. The van der Waals surface area contributed by atoms with E-state index in [1.54, 1.807) is 47.9 Å². The molecule has 200 valence electrons. The molecule has 3 aromatic carbocycles. The lowest BCUT2D eigenvalue weighted by Crippen LogP contribution is -2.30. The first-order chi connectivity index (χ1) is 19.5. The van der Waals surface area contributed by atoms with Gasteiger partial charge in [-0.25, -0.2) is 0 Å². The van der Waals surface area contributed by atoms with Crippen LogP contribution in [-0.4, -0.2) is 42.4 Å². The van der Waals surface area contributed by atoms with Crippen LogP contribution in [0.1, 0.15) is 6.92 Å². The number of carbonyl (C=O) groups excluding carboxylic acids is 1. The first-order valence-electron chi connectivity index (χ1n) is 12.6. The molecule has 7 rings (SSSR count). The van der Waals surface area contributed by atoms with E-state index < -0.39 is 6.10 Å². The molecule has 0 fully saturated rings. The summed E-state index contributed by atoms with van der Waals surface area (Å²) >= 11 is 0. The summed E-state index contributed by atoms with van der Waals surface area (Å²) < 4.78 is 29.4. The number of hydrogen-bond acceptors (Lipinski definition) is 8. The Morgan fingerprint density at radius 3 is 2.65 bits per heavy atom. The highest BCUT2D eigenvalue weighted by atomic mass is 16.7. The van der Waals surface area contributed by atoms with Crippen LogP contribution in [-0.2, 0) is 4.79 Å². The Balaban J connectivity index is 1.29. The smallest absolute Gasteiger partial charge is 0.267 e. The van der Waals surface area contributed by atoms with E-state index in [1.165, 1.54) is 14.2 Å². The molecule has 6 aromatic rings. The number of methoxy groups -OCH3 is 2. The maximum absolute atomic E-state index is 13.9. The number of anilines is 1. The standard InChI is InChI=1S/C30H23N3O7/c1-15(29(34)32-16-4-8-22-24(12-16)39-14-38-22)40-17-5-7-21-20(13-17)18-10-11-31-26-19-6-9-23(36-2)28(37-3)25(19)30(35)33(21)27(18)26/h4-13,15H,14H2,1-3H3,(H,32,34). The number of benzene rings is 3. The average molecular weight is 538 g/mol. The Labute approximate surface area is 226 Å². The number of rotatable bonds is 6. The number of amides is 1. The second-order valence-corrected chi connectivity index (χ2v) is 9.42. The normalized spacial score (nSPS) is 13.3. The molecule has 10 heteroatoms. The molecular formula is C30H23N3O7. The van der Waals surface area contributed by atoms with Crippen molar-refractivity contribution >= 4 is 49.7 Å². The summed E-state index contributed by atoms with van der Waals surface area (Å²) in [5.41, 5.74) is 2.40. The van der Waals surface area contributed by atoms with Gasteiger partial charge in [-0.2, -0.15) is 0 Å². The molecule has 0 saturated heterocycles. The molecule has 40 heavy (non-hydrogen) atoms. The molecular weight excluding hydrogens is 514 g/mol. The first-order valence-corrected chi connectivity index (χ1v) is 12.6. The minimum atomic E-state index is -0.799. The first kappa shape index (κ1) is 23.8. The molecule has 1 N–H and O–H groups in total. The summed E-state index contributed by atoms with van der Waals surface area (Å²) in [6, 6.07) is 16.1. The van der Waals surface area contributed by atoms with Crippen LogP contribution in [0.15, 0.2) is 65.6 Å². The fourth-order valence-corrected chi connectivity index (χ4v) is 5.35. The number of pyridine rings is 2. The van der Waals surface area contributed by atoms with Gasteiger partial charge in [-0.15, -0.1) is 0 Å². The zero-order valence-electron chi connectivity index (χ0n) is 21.8. The topological polar surface area (TPSA) is 110 Å². The van der Waals surface area contributed by atoms with Crippen LogP contribution in [0, 0.1) is 0 Å². The van der Waals surface area contributed by atoms with E-state index in [-0.39, 0.29) is 18.3 Å². The minimum Gasteiger partial charge on any atom is -0.493 e. The summed E-state index contributed by atoms with van der Waals surface area (Å²) in [4.78, 5) is 31.4. The number of hydrogen-bond donors (Lipinski definition) is 1. The quantitative estimate of drug-likeness (QED) is 0.304. The number of aromatic nitrogens is 2. The lowest BCUT2D eigenvalue weighted by molar-refractivity contribution is -0.122. The molecule has 0 aliphatic carbocycles. The van der Waals surface area contributed by atoms with E-state index in [2.05, 4.69) is 10.3 Å². The fourth-order valence-electron chi connectivity index (χ4n) is 5.35. The third-order valence-electron chi connectivity index (χ3n) is 7.19. The Hall–Kier alpha value is -5.25. The Bertz CT molecular complexity index is 2030. The largest absolute Gasteiger partial charge is 0.493 e. The van der Waals surface area contributed by atoms with Gasteiger partial charge in [0.25, 0.3) is 11.5 Å². The summed E-state index contributed by atoms with van der Waals surface area (Å²) in [5, 5.41) is 5.55. The highest BCUT2D eigenvalue weighted by molar-refractivity contribution is 6.19. The maximum atomic E-state index is 13.9. The summed E-state index contributed by atoms with van der Waals surface area (Å²) in [6.07, 6.45) is 0.916. The van der Waals surface area contributed by atoms with Crippen LogP contribution in [0.25, 0.3) is 38.1 Å². The van der Waals surface area contributed by atoms with Gasteiger partial charge in [0.2, 0.25) is 6.79 Å². The summed E-state index contributed by atoms with van der Waals surface area (Å²) in [6.45, 7) is 1.83. The number of nitrogens with zero attached hydrogens (tertiary/aromatic N) is 2. The van der Waals surface area contributed by atoms with Gasteiger partial charge in [0.1, 0.15) is 5.75 Å². The molecule has 1 atom stereocenters. The van der Waals surface area contributed by atoms with Gasteiger partial charge in [0, 0.05) is 34.1 Å². The molecule has 10 nitrogen and oxygen atoms in total. The molecule has 0 radical (unpaired) electrons. The second-order valence-electron chi connectivity index (χ2n) is 9.42. The summed E-state index contributed by atoms with van der Waals surface area (Å²) in [5.74, 6) is 2.20. The molecule has 0 bridgehead atoms. The third kappa shape index (κ3) is 3.46. The van der Waals surface area contributed by atoms with Crippen molar-refractivity contribution in [2.45, 2.75) is 13.0 Å². The zero-order chi connectivity index (χ0) is 27.5. The highest BCUT2D eigenvalue weighted by Crippen LogP contribution is 2.40. The molecule has 1 aliphatic heterocycles. The van der Waals surface area contributed by atoms with E-state index in [9.17, 15) is 9.59 Å². The van der Waals surface area contributed by atoms with Crippen LogP contribution in [0.2, 0.25) is 0 Å². The Morgan fingerprint density at radius 2 is 1.82 bits per heavy atom. The van der Waals surface area contributed by atoms with Gasteiger partial charge in [0.15, 0.2) is 29.1 Å². The number of nitrogens with one attached hydrogen (secondary N) is 1. The van der Waals surface area contributed by atoms with Crippen molar-refractivity contribution in [3.05, 3.63) is 71.1 Å². The fraction of sp³-hybridized carbons (Fsp3) is 0.167. The van der Waals surface area contributed by atoms with Gasteiger partial charge in [-0.05, 0) is 55.5 Å². The predicted molar refractivity (Wildman–Crippen MR) is 150 cm³/mol. The minimum absolute atomic E-state index is 0.155. The molecule has 1 unspecified atom stereocenters. The SMILES string of the molecule is COc1ccc2c(c1OC)c(=O)n1c3ccc(OC(C)C(=O)Nc4ccc5c(c4)OCO5)cc3c3ccnc2c31. The van der Waals surface area contributed by atoms with Gasteiger partial charge >= 0.3 is 0 Å². The molecule has 4 heterocycles. The van der Waals surface area contributed by atoms with Crippen molar-refractivity contribution in [3.8, 4) is 28.7 Å². The van der Waals surface area contributed by atoms with Crippen molar-refractivity contribution in [3.63, 3.8) is 0 Å². The van der Waals surface area contributed by atoms with E-state index in [0.29, 0.717) is 61.8 Å². The summed E-state index contributed by atoms with van der Waals surface area (Å²) in [7, 11) is 3.04. The van der Waals surface area contributed by atoms with Crippen LogP contribution in [0.5, 0.6) is 28.7 Å². The van der Waals surface area contributed by atoms with Crippen LogP contribution in [0.3, 0.4) is 0 Å². The van der Waals surface area contributed by atoms with E-state index in [0.717, 1.165) is 10.8 Å². The van der Waals surface area contributed by atoms with E-state index >= 15 is 0 Å². The monoisotopic (exact) mass is 537 g/mol. The van der Waals surface area contributed by atoms with Crippen molar-refractivity contribution in [1.29, 1.82) is 0 Å². The second kappa shape index (κ2) is 8.91. The maximum Gasteiger partial charge on any atom is 0.267 e. The molecule has 3 aromatic heterocycles. The molecule has 0 spiro atoms. The third-order valence-corrected chi connectivity index (χ3v) is 7.19. The van der Waals surface area contributed by atoms with Gasteiger partial charge < -0.3 is 29.0 Å². The van der Waals surface area contributed by atoms with Gasteiger partial charge in [-0.3, -0.25) is 19.0 Å². The van der Waals surface area contributed by atoms with Crippen LogP contribution >= 0.6 is 0 Å². The van der Waals surface area contributed by atoms with Crippen LogP contribution < -0.4 is 34.6 Å². The average Bonchev–Trinajstić information content (AvgIpc) is 3.57. The van der Waals surface area contributed by atoms with Crippen molar-refractivity contribution in [1.82, 2.24) is 9.38 Å². The molecule has 1 amide bonds. The number of fused-ring (bicyclic) bond motifs is 6. The van der Waals surface area contributed by atoms with E-state index in [4.69, 9.17) is 23.7 Å². The van der Waals surface area contributed by atoms with Crippen molar-refractivity contribution in [2.75, 3.05) is 26.3 Å². The Kier molecular flexibility index (Phi) is 5.31. The van der Waals surface area contributed by atoms with E-state index in [1.807, 2.05) is 24.3 Å². The van der Waals surface area contributed by atoms with Crippen molar-refractivity contribution < 1.29 is 28.5 Å². The Morgan fingerprint density at radius 1 is 0.975 bits per heavy atom. The number of carbonyl (C=O) groups is 1.